The van der Waals surface area contributed by atoms with Gasteiger partial charge in [-0.25, -0.2) is 17.9 Å². The van der Waals surface area contributed by atoms with Gasteiger partial charge in [0.25, 0.3) is 0 Å². The first-order valence-corrected chi connectivity index (χ1v) is 7.43. The van der Waals surface area contributed by atoms with Gasteiger partial charge in [-0.3, -0.25) is 10.1 Å². The molecule has 102 valence electrons. The molecule has 2 heterocycles. The maximum Gasteiger partial charge on any atom is 0.357 e. The molecular weight excluding hydrogens is 292 g/mol. The van der Waals surface area contributed by atoms with Crippen LogP contribution in [0.3, 0.4) is 0 Å². The second-order valence-corrected chi connectivity index (χ2v) is 6.30. The van der Waals surface area contributed by atoms with Crippen LogP contribution in [-0.4, -0.2) is 34.7 Å². The molecular formula is C9H10N4O4S2. The Labute approximate surface area is 112 Å². The predicted octanol–water partition coefficient (Wildman–Crippen LogP) is 0.351. The van der Waals surface area contributed by atoms with E-state index >= 15 is 0 Å². The highest BCUT2D eigenvalue weighted by Gasteiger charge is 2.27. The van der Waals surface area contributed by atoms with Gasteiger partial charge in [-0.15, -0.1) is 11.3 Å². The average molecular weight is 302 g/mol. The third kappa shape index (κ3) is 2.80. The smallest absolute Gasteiger partial charge is 0.357 e. The van der Waals surface area contributed by atoms with Crippen LogP contribution in [-0.2, 0) is 16.6 Å². The van der Waals surface area contributed by atoms with Crippen LogP contribution in [0.5, 0.6) is 0 Å². The summed E-state index contributed by atoms with van der Waals surface area (Å²) in [5.74, 6) is -1.40. The molecule has 2 rings (SSSR count). The molecule has 2 aromatic heterocycles. The highest BCUT2D eigenvalue weighted by molar-refractivity contribution is 7.89. The lowest BCUT2D eigenvalue weighted by Crippen LogP contribution is -2.25. The van der Waals surface area contributed by atoms with Gasteiger partial charge in [-0.1, -0.05) is 0 Å². The third-order valence-corrected chi connectivity index (χ3v) is 4.62. The molecule has 2 aromatic rings. The number of carbonyl (C=O) groups is 1. The summed E-state index contributed by atoms with van der Waals surface area (Å²) in [6.45, 7) is 1.50. The molecule has 0 bridgehead atoms. The van der Waals surface area contributed by atoms with Crippen molar-refractivity contribution in [3.8, 4) is 0 Å². The fourth-order valence-corrected chi connectivity index (χ4v) is 3.41. The number of nitrogens with one attached hydrogen (secondary N) is 2. The highest BCUT2D eigenvalue weighted by atomic mass is 32.2. The van der Waals surface area contributed by atoms with Gasteiger partial charge in [0.2, 0.25) is 10.0 Å². The Kier molecular flexibility index (Phi) is 3.64. The highest BCUT2D eigenvalue weighted by Crippen LogP contribution is 2.18. The van der Waals surface area contributed by atoms with Crippen molar-refractivity contribution in [2.45, 2.75) is 18.4 Å². The zero-order valence-corrected chi connectivity index (χ0v) is 11.4. The Balaban J connectivity index is 2.29. The number of rotatable bonds is 5. The van der Waals surface area contributed by atoms with Gasteiger partial charge >= 0.3 is 5.97 Å². The summed E-state index contributed by atoms with van der Waals surface area (Å²) in [7, 11) is -3.95. The molecule has 0 saturated carbocycles. The van der Waals surface area contributed by atoms with E-state index in [1.54, 1.807) is 5.51 Å². The van der Waals surface area contributed by atoms with E-state index in [0.29, 0.717) is 0 Å². The van der Waals surface area contributed by atoms with Crippen LogP contribution in [0.4, 0.5) is 0 Å². The van der Waals surface area contributed by atoms with Gasteiger partial charge in [-0.05, 0) is 6.92 Å². The topological polar surface area (TPSA) is 125 Å². The Morgan fingerprint density at radius 3 is 2.89 bits per heavy atom. The molecule has 0 aliphatic heterocycles. The number of hydrogen-bond donors (Lipinski definition) is 3. The van der Waals surface area contributed by atoms with Crippen LogP contribution >= 0.6 is 11.3 Å². The van der Waals surface area contributed by atoms with E-state index in [1.165, 1.54) is 24.5 Å². The fourth-order valence-electron chi connectivity index (χ4n) is 1.46. The van der Waals surface area contributed by atoms with Gasteiger partial charge in [0, 0.05) is 17.6 Å². The number of aromatic carboxylic acids is 1. The van der Waals surface area contributed by atoms with Crippen LogP contribution < -0.4 is 4.72 Å². The second-order valence-electron chi connectivity index (χ2n) is 3.62. The molecule has 0 saturated heterocycles. The zero-order chi connectivity index (χ0) is 14.0. The fraction of sp³-hybridized carbons (Fsp3) is 0.222. The number of nitrogens with zero attached hydrogens (tertiary/aromatic N) is 2. The summed E-state index contributed by atoms with van der Waals surface area (Å²) < 4.78 is 26.5. The quantitative estimate of drug-likeness (QED) is 0.732. The van der Waals surface area contributed by atoms with E-state index in [2.05, 4.69) is 19.9 Å². The first kappa shape index (κ1) is 13.6. The Morgan fingerprint density at radius 2 is 2.32 bits per heavy atom. The normalized spacial score (nSPS) is 11.6. The summed E-state index contributed by atoms with van der Waals surface area (Å²) in [6, 6.07) is 0. The Morgan fingerprint density at radius 1 is 1.58 bits per heavy atom. The SMILES string of the molecule is Cc1[nH]nc(C(=O)O)c1S(=O)(=O)NCc1cncs1. The maximum atomic E-state index is 12.1. The van der Waals surface area contributed by atoms with E-state index < -0.39 is 21.7 Å². The Hall–Kier alpha value is -1.78. The number of H-pyrrole nitrogens is 1. The van der Waals surface area contributed by atoms with Crippen molar-refractivity contribution in [3.63, 3.8) is 0 Å². The van der Waals surface area contributed by atoms with Crippen molar-refractivity contribution in [3.05, 3.63) is 28.0 Å². The predicted molar refractivity (Wildman–Crippen MR) is 66.4 cm³/mol. The van der Waals surface area contributed by atoms with Gasteiger partial charge < -0.3 is 5.11 Å². The first-order valence-electron chi connectivity index (χ1n) is 5.07. The minimum absolute atomic E-state index is 0.0523. The minimum Gasteiger partial charge on any atom is -0.476 e. The molecule has 0 aliphatic rings. The number of aromatic nitrogens is 3. The lowest BCUT2D eigenvalue weighted by molar-refractivity contribution is 0.0686. The summed E-state index contributed by atoms with van der Waals surface area (Å²) >= 11 is 1.30. The van der Waals surface area contributed by atoms with Gasteiger partial charge in [0.15, 0.2) is 5.69 Å². The van der Waals surface area contributed by atoms with E-state index in [4.69, 9.17) is 5.11 Å². The molecule has 0 spiro atoms. The molecule has 0 aliphatic carbocycles. The van der Waals surface area contributed by atoms with Gasteiger partial charge in [0.05, 0.1) is 11.2 Å². The molecule has 0 unspecified atom stereocenters. The van der Waals surface area contributed by atoms with Crippen LogP contribution in [0.15, 0.2) is 16.6 Å². The number of carboxylic acids is 1. The lowest BCUT2D eigenvalue weighted by Gasteiger charge is -2.05. The molecule has 0 amide bonds. The zero-order valence-electron chi connectivity index (χ0n) is 9.74. The lowest BCUT2D eigenvalue weighted by atomic mass is 10.4. The molecule has 0 aromatic carbocycles. The van der Waals surface area contributed by atoms with Crippen molar-refractivity contribution in [1.29, 1.82) is 0 Å². The van der Waals surface area contributed by atoms with E-state index in [1.807, 2.05) is 0 Å². The third-order valence-electron chi connectivity index (χ3n) is 2.28. The number of aromatic amines is 1. The van der Waals surface area contributed by atoms with E-state index in [0.717, 1.165) is 4.88 Å². The van der Waals surface area contributed by atoms with Crippen molar-refractivity contribution in [2.24, 2.45) is 0 Å². The largest absolute Gasteiger partial charge is 0.476 e. The number of hydrogen-bond acceptors (Lipinski definition) is 6. The van der Waals surface area contributed by atoms with Gasteiger partial charge in [0.1, 0.15) is 4.90 Å². The standard InChI is InChI=1S/C9H10N4O4S2/c1-5-8(7(9(14)15)13-12-5)19(16,17)11-3-6-2-10-4-18-6/h2,4,11H,3H2,1H3,(H,12,13)(H,14,15). The van der Waals surface area contributed by atoms with Crippen molar-refractivity contribution in [2.75, 3.05) is 0 Å². The van der Waals surface area contributed by atoms with E-state index in [-0.39, 0.29) is 17.1 Å². The molecule has 19 heavy (non-hydrogen) atoms. The van der Waals surface area contributed by atoms with Crippen molar-refractivity contribution in [1.82, 2.24) is 19.9 Å². The molecule has 0 fully saturated rings. The van der Waals surface area contributed by atoms with Crippen LogP contribution in [0, 0.1) is 6.92 Å². The van der Waals surface area contributed by atoms with E-state index in [9.17, 15) is 13.2 Å². The van der Waals surface area contributed by atoms with Gasteiger partial charge in [-0.2, -0.15) is 5.10 Å². The van der Waals surface area contributed by atoms with Crippen LogP contribution in [0.2, 0.25) is 0 Å². The average Bonchev–Trinajstić information content (AvgIpc) is 2.95. The molecule has 3 N–H and O–H groups in total. The second kappa shape index (κ2) is 5.07. The summed E-state index contributed by atoms with van der Waals surface area (Å²) in [5.41, 5.74) is 1.23. The van der Waals surface area contributed by atoms with Crippen molar-refractivity contribution < 1.29 is 18.3 Å². The first-order chi connectivity index (χ1) is 8.92. The number of aryl methyl sites for hydroxylation is 1. The summed E-state index contributed by atoms with van der Waals surface area (Å²) in [5, 5.41) is 14.7. The van der Waals surface area contributed by atoms with Crippen LogP contribution in [0.1, 0.15) is 21.1 Å². The number of carboxylic acid groups (broad SMARTS) is 1. The molecule has 8 nitrogen and oxygen atoms in total. The Bertz CT molecular complexity index is 690. The molecule has 10 heteroatoms. The molecule has 0 radical (unpaired) electrons. The molecule has 0 atom stereocenters. The van der Waals surface area contributed by atoms with Crippen molar-refractivity contribution >= 4 is 27.3 Å². The number of sulfonamides is 1. The van der Waals surface area contributed by atoms with Crippen LogP contribution in [0.25, 0.3) is 0 Å². The number of thiazole rings is 1. The summed E-state index contributed by atoms with van der Waals surface area (Å²) in [4.78, 5) is 15.1. The maximum absolute atomic E-state index is 12.1. The minimum atomic E-state index is -3.95. The summed E-state index contributed by atoms with van der Waals surface area (Å²) in [6.07, 6.45) is 1.54. The monoisotopic (exact) mass is 302 g/mol.